The zero-order valence-electron chi connectivity index (χ0n) is 11.3. The summed E-state index contributed by atoms with van der Waals surface area (Å²) in [6.07, 6.45) is 4.83. The Balaban J connectivity index is 1.98. The van der Waals surface area contributed by atoms with E-state index < -0.39 is 5.41 Å². The van der Waals surface area contributed by atoms with Gasteiger partial charge in [-0.1, -0.05) is 19.3 Å². The molecule has 1 aliphatic rings. The number of hydrogen-bond donors (Lipinski definition) is 1. The highest BCUT2D eigenvalue weighted by atomic mass is 19.1. The lowest BCUT2D eigenvalue weighted by atomic mass is 9.70. The zero-order chi connectivity index (χ0) is 14.2. The van der Waals surface area contributed by atoms with Gasteiger partial charge in [-0.3, -0.25) is 4.79 Å². The first-order chi connectivity index (χ1) is 9.64. The van der Waals surface area contributed by atoms with Gasteiger partial charge in [-0.15, -0.1) is 0 Å². The Morgan fingerprint density at radius 3 is 2.70 bits per heavy atom. The third kappa shape index (κ3) is 2.14. The summed E-state index contributed by atoms with van der Waals surface area (Å²) in [7, 11) is 0. The van der Waals surface area contributed by atoms with Crippen LogP contribution in [0, 0.1) is 11.2 Å². The first-order valence-corrected chi connectivity index (χ1v) is 7.09. The summed E-state index contributed by atoms with van der Waals surface area (Å²) in [5.74, 6) is -0.0576. The second kappa shape index (κ2) is 5.02. The van der Waals surface area contributed by atoms with Gasteiger partial charge in [-0.2, -0.15) is 0 Å². The van der Waals surface area contributed by atoms with Crippen molar-refractivity contribution in [2.45, 2.75) is 32.1 Å². The van der Waals surface area contributed by atoms with Crippen LogP contribution >= 0.6 is 0 Å². The van der Waals surface area contributed by atoms with Gasteiger partial charge in [0.25, 0.3) is 0 Å². The second-order valence-electron chi connectivity index (χ2n) is 5.67. The molecule has 2 aromatic rings. The highest BCUT2D eigenvalue weighted by molar-refractivity contribution is 6.01. The summed E-state index contributed by atoms with van der Waals surface area (Å²) in [6.45, 7) is 0.344. The van der Waals surface area contributed by atoms with E-state index >= 15 is 0 Å². The predicted octanol–water partition coefficient (Wildman–Crippen LogP) is 3.66. The molecule has 0 radical (unpaired) electrons. The van der Waals surface area contributed by atoms with Crippen molar-refractivity contribution in [3.63, 3.8) is 0 Å². The normalized spacial score (nSPS) is 18.3. The van der Waals surface area contributed by atoms with Crippen LogP contribution in [-0.4, -0.2) is 12.3 Å². The minimum absolute atomic E-state index is 0.0312. The Hall–Kier alpha value is -1.68. The average molecular weight is 275 g/mol. The minimum Gasteiger partial charge on any atom is -0.453 e. The van der Waals surface area contributed by atoms with Crippen LogP contribution in [0.1, 0.15) is 42.7 Å². The molecule has 0 bridgehead atoms. The Kier molecular flexibility index (Phi) is 3.34. The van der Waals surface area contributed by atoms with Crippen molar-refractivity contribution in [3.8, 4) is 0 Å². The first kappa shape index (κ1) is 13.3. The van der Waals surface area contributed by atoms with E-state index in [1.54, 1.807) is 12.1 Å². The number of halogens is 1. The molecule has 1 saturated carbocycles. The third-order valence-electron chi connectivity index (χ3n) is 4.39. The van der Waals surface area contributed by atoms with Crippen molar-refractivity contribution >= 4 is 16.8 Å². The van der Waals surface area contributed by atoms with E-state index in [9.17, 15) is 9.18 Å². The monoisotopic (exact) mass is 275 g/mol. The molecule has 2 N–H and O–H groups in total. The largest absolute Gasteiger partial charge is 0.453 e. The molecule has 0 amide bonds. The molecule has 0 spiro atoms. The van der Waals surface area contributed by atoms with Crippen molar-refractivity contribution in [2.24, 2.45) is 11.1 Å². The summed E-state index contributed by atoms with van der Waals surface area (Å²) >= 11 is 0. The van der Waals surface area contributed by atoms with Crippen molar-refractivity contribution in [2.75, 3.05) is 6.54 Å². The van der Waals surface area contributed by atoms with Gasteiger partial charge in [-0.25, -0.2) is 4.39 Å². The van der Waals surface area contributed by atoms with Gasteiger partial charge >= 0.3 is 0 Å². The van der Waals surface area contributed by atoms with E-state index in [-0.39, 0.29) is 11.6 Å². The molecule has 0 unspecified atom stereocenters. The van der Waals surface area contributed by atoms with Gasteiger partial charge < -0.3 is 10.2 Å². The Morgan fingerprint density at radius 1 is 1.25 bits per heavy atom. The standard InChI is InChI=1S/C16H18FNO2/c17-12-4-5-13-11(8-12)9-14(20-13)15(19)16(10-18)6-2-1-3-7-16/h4-5,8-9H,1-3,6-7,10,18H2. The molecular formula is C16H18FNO2. The predicted molar refractivity (Wildman–Crippen MR) is 75.1 cm³/mol. The molecule has 1 aromatic heterocycles. The Labute approximate surface area is 116 Å². The zero-order valence-corrected chi connectivity index (χ0v) is 11.3. The van der Waals surface area contributed by atoms with E-state index in [4.69, 9.17) is 10.2 Å². The SMILES string of the molecule is NCC1(C(=O)c2cc3cc(F)ccc3o2)CCCCC1. The highest BCUT2D eigenvalue weighted by Gasteiger charge is 2.40. The number of benzene rings is 1. The number of ketones is 1. The Morgan fingerprint density at radius 2 is 2.00 bits per heavy atom. The summed E-state index contributed by atoms with van der Waals surface area (Å²) in [4.78, 5) is 12.7. The topological polar surface area (TPSA) is 56.2 Å². The maximum atomic E-state index is 13.2. The summed E-state index contributed by atoms with van der Waals surface area (Å²) < 4.78 is 18.8. The van der Waals surface area contributed by atoms with E-state index in [2.05, 4.69) is 0 Å². The number of nitrogens with two attached hydrogens (primary N) is 1. The number of hydrogen-bond acceptors (Lipinski definition) is 3. The van der Waals surface area contributed by atoms with Gasteiger partial charge in [0, 0.05) is 17.3 Å². The molecule has 106 valence electrons. The maximum absolute atomic E-state index is 13.2. The van der Waals surface area contributed by atoms with E-state index in [0.29, 0.717) is 23.3 Å². The summed E-state index contributed by atoms with van der Waals surface area (Å²) in [5.41, 5.74) is 5.92. The first-order valence-electron chi connectivity index (χ1n) is 7.09. The molecule has 1 aromatic carbocycles. The van der Waals surface area contributed by atoms with Crippen LogP contribution in [0.3, 0.4) is 0 Å². The van der Waals surface area contributed by atoms with Gasteiger partial charge in [0.1, 0.15) is 11.4 Å². The second-order valence-corrected chi connectivity index (χ2v) is 5.67. The Bertz CT molecular complexity index is 641. The summed E-state index contributed by atoms with van der Waals surface area (Å²) in [5, 5.41) is 0.622. The lowest BCUT2D eigenvalue weighted by molar-refractivity contribution is 0.0700. The number of Topliss-reactive ketones (excluding diaryl/α,β-unsaturated/α-hetero) is 1. The minimum atomic E-state index is -0.495. The van der Waals surface area contributed by atoms with Crippen LogP contribution in [-0.2, 0) is 0 Å². The maximum Gasteiger partial charge on any atom is 0.205 e. The number of fused-ring (bicyclic) bond motifs is 1. The van der Waals surface area contributed by atoms with Crippen LogP contribution in [0.4, 0.5) is 4.39 Å². The van der Waals surface area contributed by atoms with Gasteiger partial charge in [0.05, 0.1) is 0 Å². The molecule has 0 atom stereocenters. The third-order valence-corrected chi connectivity index (χ3v) is 4.39. The van der Waals surface area contributed by atoms with Crippen molar-refractivity contribution in [1.82, 2.24) is 0 Å². The van der Waals surface area contributed by atoms with Crippen LogP contribution < -0.4 is 5.73 Å². The van der Waals surface area contributed by atoms with E-state index in [1.165, 1.54) is 12.1 Å². The molecule has 0 saturated heterocycles. The molecular weight excluding hydrogens is 257 g/mol. The fourth-order valence-corrected chi connectivity index (χ4v) is 3.14. The summed E-state index contributed by atoms with van der Waals surface area (Å²) in [6, 6.07) is 5.90. The molecule has 3 rings (SSSR count). The fraction of sp³-hybridized carbons (Fsp3) is 0.438. The number of carbonyl (C=O) groups is 1. The molecule has 3 nitrogen and oxygen atoms in total. The van der Waals surface area contributed by atoms with Crippen LogP contribution in [0.25, 0.3) is 11.0 Å². The molecule has 1 heterocycles. The van der Waals surface area contributed by atoms with Crippen molar-refractivity contribution < 1.29 is 13.6 Å². The number of furan rings is 1. The average Bonchev–Trinajstić information content (AvgIpc) is 2.90. The van der Waals surface area contributed by atoms with Crippen molar-refractivity contribution in [1.29, 1.82) is 0 Å². The fourth-order valence-electron chi connectivity index (χ4n) is 3.14. The van der Waals surface area contributed by atoms with Crippen molar-refractivity contribution in [3.05, 3.63) is 35.8 Å². The van der Waals surface area contributed by atoms with Gasteiger partial charge in [-0.05, 0) is 37.1 Å². The number of carbonyl (C=O) groups excluding carboxylic acids is 1. The lowest BCUT2D eigenvalue weighted by Crippen LogP contribution is -2.40. The number of rotatable bonds is 3. The molecule has 4 heteroatoms. The quantitative estimate of drug-likeness (QED) is 0.870. The van der Waals surface area contributed by atoms with Gasteiger partial charge in [0.15, 0.2) is 5.76 Å². The lowest BCUT2D eigenvalue weighted by Gasteiger charge is -2.33. The van der Waals surface area contributed by atoms with Crippen LogP contribution in [0.5, 0.6) is 0 Å². The molecule has 20 heavy (non-hydrogen) atoms. The van der Waals surface area contributed by atoms with E-state index in [1.807, 2.05) is 0 Å². The molecule has 1 fully saturated rings. The van der Waals surface area contributed by atoms with Crippen LogP contribution in [0.15, 0.2) is 28.7 Å². The smallest absolute Gasteiger partial charge is 0.205 e. The molecule has 1 aliphatic carbocycles. The van der Waals surface area contributed by atoms with Crippen LogP contribution in [0.2, 0.25) is 0 Å². The molecule has 0 aliphatic heterocycles. The van der Waals surface area contributed by atoms with Gasteiger partial charge in [0.2, 0.25) is 5.78 Å². The highest BCUT2D eigenvalue weighted by Crippen LogP contribution is 2.39. The van der Waals surface area contributed by atoms with E-state index in [0.717, 1.165) is 32.1 Å².